The Hall–Kier alpha value is -3.47. The van der Waals surface area contributed by atoms with E-state index in [1.807, 2.05) is 0 Å². The van der Waals surface area contributed by atoms with Crippen LogP contribution in [0.15, 0.2) is 43.2 Å². The van der Waals surface area contributed by atoms with E-state index >= 15 is 0 Å². The number of methoxy groups -OCH3 is 1. The Labute approximate surface area is 222 Å². The van der Waals surface area contributed by atoms with Crippen LogP contribution >= 0.6 is 23.2 Å². The first kappa shape index (κ1) is 26.6. The molecule has 3 aromatic rings. The van der Waals surface area contributed by atoms with E-state index in [4.69, 9.17) is 32.7 Å². The van der Waals surface area contributed by atoms with Gasteiger partial charge in [0, 0.05) is 25.1 Å². The summed E-state index contributed by atoms with van der Waals surface area (Å²) >= 11 is 11.8. The van der Waals surface area contributed by atoms with Crippen LogP contribution in [-0.2, 0) is 14.3 Å². The van der Waals surface area contributed by atoms with E-state index in [1.165, 1.54) is 29.4 Å². The number of carbonyl (C=O) groups excluding carboxylic acids is 2. The van der Waals surface area contributed by atoms with Crippen molar-refractivity contribution in [1.82, 2.24) is 14.9 Å². The van der Waals surface area contributed by atoms with Gasteiger partial charge < -0.3 is 25.0 Å². The van der Waals surface area contributed by atoms with Crippen molar-refractivity contribution in [3.8, 4) is 5.75 Å². The fraction of sp³-hybridized carbons (Fsp3) is 0.280. The first-order valence-corrected chi connectivity index (χ1v) is 12.1. The molecule has 12 heteroatoms. The summed E-state index contributed by atoms with van der Waals surface area (Å²) in [4.78, 5) is 35.4. The van der Waals surface area contributed by atoms with Crippen LogP contribution in [0.3, 0.4) is 0 Å². The summed E-state index contributed by atoms with van der Waals surface area (Å²) < 4.78 is 25.6. The van der Waals surface area contributed by atoms with Crippen LogP contribution in [-0.4, -0.2) is 59.6 Å². The maximum atomic E-state index is 14.7. The lowest BCUT2D eigenvalue weighted by atomic mass is 10.1. The number of amides is 2. The lowest BCUT2D eigenvalue weighted by Crippen LogP contribution is -2.42. The minimum Gasteiger partial charge on any atom is -0.489 e. The maximum Gasteiger partial charge on any atom is 0.247 e. The van der Waals surface area contributed by atoms with Crippen LogP contribution < -0.4 is 15.4 Å². The Morgan fingerprint density at radius 1 is 1.24 bits per heavy atom. The van der Waals surface area contributed by atoms with Crippen LogP contribution in [0.1, 0.15) is 12.8 Å². The van der Waals surface area contributed by atoms with E-state index in [9.17, 15) is 14.0 Å². The summed E-state index contributed by atoms with van der Waals surface area (Å²) in [5.74, 6) is -0.794. The first-order chi connectivity index (χ1) is 17.8. The minimum absolute atomic E-state index is 0.0601. The van der Waals surface area contributed by atoms with E-state index in [-0.39, 0.29) is 40.0 Å². The molecule has 1 saturated heterocycles. The molecular formula is C25H24Cl2FN5O4. The van der Waals surface area contributed by atoms with Crippen molar-refractivity contribution in [1.29, 1.82) is 0 Å². The standard InChI is InChI=1S/C25H24Cl2FN5O4/c1-3-21(34)33-8-4-5-19(33)25(35)32-18-11-14-17(12-20(18)37-10-9-36-2)29-13-30-24(14)31-16-7-6-15(26)22(27)23(16)28/h3,6-7,11-13,19H,1,4-5,8-10H2,2H3,(H,32,35)(H,29,30,31)/t19-/m0/s1. The van der Waals surface area contributed by atoms with Crippen LogP contribution in [0.4, 0.5) is 21.6 Å². The molecule has 0 unspecified atom stereocenters. The van der Waals surface area contributed by atoms with Gasteiger partial charge in [0.25, 0.3) is 0 Å². The third-order valence-corrected chi connectivity index (χ3v) is 6.62. The number of rotatable bonds is 9. The molecule has 1 aliphatic rings. The Morgan fingerprint density at radius 2 is 2.05 bits per heavy atom. The van der Waals surface area contributed by atoms with E-state index in [2.05, 4.69) is 27.2 Å². The largest absolute Gasteiger partial charge is 0.489 e. The summed E-state index contributed by atoms with van der Waals surface area (Å²) in [6, 6.07) is 5.52. The number of aromatic nitrogens is 2. The number of halogens is 3. The predicted octanol–water partition coefficient (Wildman–Crippen LogP) is 4.96. The van der Waals surface area contributed by atoms with E-state index in [1.54, 1.807) is 19.2 Å². The molecule has 2 aromatic carbocycles. The van der Waals surface area contributed by atoms with Crippen molar-refractivity contribution in [2.24, 2.45) is 0 Å². The van der Waals surface area contributed by atoms with Gasteiger partial charge >= 0.3 is 0 Å². The summed E-state index contributed by atoms with van der Waals surface area (Å²) in [6.07, 6.45) is 3.72. The van der Waals surface area contributed by atoms with Gasteiger partial charge in [-0.3, -0.25) is 9.59 Å². The number of hydrogen-bond donors (Lipinski definition) is 2. The Morgan fingerprint density at radius 3 is 2.81 bits per heavy atom. The highest BCUT2D eigenvalue weighted by Crippen LogP contribution is 2.36. The minimum atomic E-state index is -0.734. The summed E-state index contributed by atoms with van der Waals surface area (Å²) in [5, 5.41) is 6.12. The van der Waals surface area contributed by atoms with Gasteiger partial charge in [-0.1, -0.05) is 29.8 Å². The van der Waals surface area contributed by atoms with Crippen LogP contribution in [0, 0.1) is 5.82 Å². The van der Waals surface area contributed by atoms with Crippen molar-refractivity contribution >= 4 is 63.1 Å². The normalized spacial score (nSPS) is 15.0. The molecule has 4 rings (SSSR count). The predicted molar refractivity (Wildman–Crippen MR) is 140 cm³/mol. The monoisotopic (exact) mass is 547 g/mol. The molecule has 1 atom stereocenters. The molecule has 1 fully saturated rings. The summed E-state index contributed by atoms with van der Waals surface area (Å²) in [6.45, 7) is 4.53. The molecule has 0 radical (unpaired) electrons. The average molecular weight is 548 g/mol. The van der Waals surface area contributed by atoms with Gasteiger partial charge in [0.05, 0.1) is 33.5 Å². The molecule has 194 valence electrons. The van der Waals surface area contributed by atoms with Crippen molar-refractivity contribution in [2.45, 2.75) is 18.9 Å². The lowest BCUT2D eigenvalue weighted by molar-refractivity contribution is -0.132. The van der Waals surface area contributed by atoms with Crippen molar-refractivity contribution in [3.63, 3.8) is 0 Å². The first-order valence-electron chi connectivity index (χ1n) is 11.4. The van der Waals surface area contributed by atoms with E-state index in [0.29, 0.717) is 48.3 Å². The number of hydrogen-bond acceptors (Lipinski definition) is 7. The lowest BCUT2D eigenvalue weighted by Gasteiger charge is -2.23. The van der Waals surface area contributed by atoms with Crippen molar-refractivity contribution in [2.75, 3.05) is 37.5 Å². The maximum absolute atomic E-state index is 14.7. The number of anilines is 3. The number of nitrogens with zero attached hydrogens (tertiary/aromatic N) is 3. The quantitative estimate of drug-likeness (QED) is 0.221. The van der Waals surface area contributed by atoms with Crippen LogP contribution in [0.5, 0.6) is 5.75 Å². The topological polar surface area (TPSA) is 106 Å². The second-order valence-electron chi connectivity index (χ2n) is 8.16. The third kappa shape index (κ3) is 5.76. The van der Waals surface area contributed by atoms with Gasteiger partial charge in [-0.2, -0.15) is 0 Å². The van der Waals surface area contributed by atoms with E-state index in [0.717, 1.165) is 0 Å². The highest BCUT2D eigenvalue weighted by molar-refractivity contribution is 6.42. The molecule has 9 nitrogen and oxygen atoms in total. The highest BCUT2D eigenvalue weighted by Gasteiger charge is 2.33. The van der Waals surface area contributed by atoms with Crippen LogP contribution in [0.25, 0.3) is 10.9 Å². The van der Waals surface area contributed by atoms with Crippen molar-refractivity contribution in [3.05, 3.63) is 59.1 Å². The second-order valence-corrected chi connectivity index (χ2v) is 8.95. The van der Waals surface area contributed by atoms with Gasteiger partial charge in [0.2, 0.25) is 11.8 Å². The number of nitrogens with one attached hydrogen (secondary N) is 2. The molecule has 2 amide bonds. The average Bonchev–Trinajstić information content (AvgIpc) is 3.39. The highest BCUT2D eigenvalue weighted by atomic mass is 35.5. The van der Waals surface area contributed by atoms with Gasteiger partial charge in [0.15, 0.2) is 5.82 Å². The summed E-state index contributed by atoms with van der Waals surface area (Å²) in [7, 11) is 1.55. The Bertz CT molecular complexity index is 1360. The molecule has 0 aliphatic carbocycles. The molecular weight excluding hydrogens is 524 g/mol. The molecule has 0 spiro atoms. The van der Waals surface area contributed by atoms with Crippen LogP contribution in [0.2, 0.25) is 10.0 Å². The molecule has 2 heterocycles. The zero-order valence-electron chi connectivity index (χ0n) is 19.9. The fourth-order valence-corrected chi connectivity index (χ4v) is 4.33. The van der Waals surface area contributed by atoms with Gasteiger partial charge in [-0.05, 0) is 37.1 Å². The number of likely N-dealkylation sites (tertiary alicyclic amines) is 1. The third-order valence-electron chi connectivity index (χ3n) is 5.84. The van der Waals surface area contributed by atoms with Gasteiger partial charge in [-0.15, -0.1) is 0 Å². The molecule has 0 saturated carbocycles. The molecule has 1 aromatic heterocycles. The molecule has 1 aliphatic heterocycles. The number of benzene rings is 2. The van der Waals surface area contributed by atoms with Gasteiger partial charge in [-0.25, -0.2) is 14.4 Å². The number of carbonyl (C=O) groups is 2. The second kappa shape index (κ2) is 11.7. The zero-order valence-corrected chi connectivity index (χ0v) is 21.4. The smallest absolute Gasteiger partial charge is 0.247 e. The summed E-state index contributed by atoms with van der Waals surface area (Å²) in [5.41, 5.74) is 0.872. The molecule has 37 heavy (non-hydrogen) atoms. The Kier molecular flexibility index (Phi) is 8.42. The Balaban J connectivity index is 1.71. The van der Waals surface area contributed by atoms with Gasteiger partial charge in [0.1, 0.15) is 30.5 Å². The molecule has 2 N–H and O–H groups in total. The molecule has 0 bridgehead atoms. The van der Waals surface area contributed by atoms with E-state index < -0.39 is 11.9 Å². The SMILES string of the molecule is C=CC(=O)N1CCC[C@H]1C(=O)Nc1cc2c(Nc3ccc(Cl)c(Cl)c3F)ncnc2cc1OCCOC. The zero-order chi connectivity index (χ0) is 26.5. The number of ether oxygens (including phenoxy) is 2. The van der Waals surface area contributed by atoms with Crippen molar-refractivity contribution < 1.29 is 23.5 Å². The fourth-order valence-electron chi connectivity index (χ4n) is 4.02. The number of fused-ring (bicyclic) bond motifs is 1.